The van der Waals surface area contributed by atoms with Crippen LogP contribution in [-0.4, -0.2) is 27.6 Å². The zero-order valence-electron chi connectivity index (χ0n) is 7.45. The molecule has 0 aliphatic carbocycles. The number of nitrogens with zero attached hydrogens (tertiary/aromatic N) is 3. The van der Waals surface area contributed by atoms with Crippen molar-refractivity contribution in [1.82, 2.24) is 15.2 Å². The molecule has 1 aliphatic heterocycles. The number of hydrogen-bond donors (Lipinski definition) is 2. The van der Waals surface area contributed by atoms with E-state index in [1.54, 1.807) is 0 Å². The standard InChI is InChI=1S/C8H13N5/c1-2-4-7(9-5-3-1)12-8-10-6-11-13-8/h6H,1-5H2,(H2,9,10,11,12,13). The molecule has 0 saturated heterocycles. The molecule has 5 nitrogen and oxygen atoms in total. The number of amidine groups is 1. The van der Waals surface area contributed by atoms with Gasteiger partial charge in [0.15, 0.2) is 0 Å². The Morgan fingerprint density at radius 3 is 3.15 bits per heavy atom. The minimum Gasteiger partial charge on any atom is -0.313 e. The van der Waals surface area contributed by atoms with Crippen molar-refractivity contribution in [2.75, 3.05) is 11.9 Å². The summed E-state index contributed by atoms with van der Waals surface area (Å²) in [5.41, 5.74) is 0. The molecule has 0 fully saturated rings. The first-order valence-electron chi connectivity index (χ1n) is 4.61. The second-order valence-corrected chi connectivity index (χ2v) is 3.10. The quantitative estimate of drug-likeness (QED) is 0.680. The summed E-state index contributed by atoms with van der Waals surface area (Å²) in [5.74, 6) is 1.70. The normalized spacial score (nSPS) is 17.7. The SMILES string of the molecule is c1n[nH]c(NC2=NCCCCC2)n1. The Hall–Kier alpha value is -1.39. The molecule has 70 valence electrons. The van der Waals surface area contributed by atoms with Gasteiger partial charge in [-0.1, -0.05) is 6.42 Å². The van der Waals surface area contributed by atoms with Gasteiger partial charge in [-0.3, -0.25) is 4.99 Å². The van der Waals surface area contributed by atoms with Crippen molar-refractivity contribution in [3.63, 3.8) is 0 Å². The molecule has 0 bridgehead atoms. The Morgan fingerprint density at radius 2 is 2.31 bits per heavy atom. The summed E-state index contributed by atoms with van der Waals surface area (Å²) < 4.78 is 0. The number of nitrogens with one attached hydrogen (secondary N) is 2. The van der Waals surface area contributed by atoms with Crippen LogP contribution in [0, 0.1) is 0 Å². The Labute approximate surface area is 76.7 Å². The predicted molar refractivity (Wildman–Crippen MR) is 50.8 cm³/mol. The molecule has 2 N–H and O–H groups in total. The number of anilines is 1. The summed E-state index contributed by atoms with van der Waals surface area (Å²) in [5, 5.41) is 9.63. The highest BCUT2D eigenvalue weighted by atomic mass is 15.3. The molecule has 5 heteroatoms. The summed E-state index contributed by atoms with van der Waals surface area (Å²) in [4.78, 5) is 8.40. The molecule has 2 rings (SSSR count). The van der Waals surface area contributed by atoms with Crippen LogP contribution in [0.3, 0.4) is 0 Å². The fourth-order valence-electron chi connectivity index (χ4n) is 1.38. The van der Waals surface area contributed by atoms with Crippen molar-refractivity contribution in [3.05, 3.63) is 6.33 Å². The number of hydrogen-bond acceptors (Lipinski definition) is 4. The summed E-state index contributed by atoms with van der Waals surface area (Å²) in [6.07, 6.45) is 6.17. The number of rotatable bonds is 1. The van der Waals surface area contributed by atoms with Crippen LogP contribution in [0.25, 0.3) is 0 Å². The summed E-state index contributed by atoms with van der Waals surface area (Å²) in [7, 11) is 0. The van der Waals surface area contributed by atoms with E-state index in [2.05, 4.69) is 25.5 Å². The summed E-state index contributed by atoms with van der Waals surface area (Å²) in [6.45, 7) is 0.927. The fraction of sp³-hybridized carbons (Fsp3) is 0.625. The summed E-state index contributed by atoms with van der Waals surface area (Å²) in [6, 6.07) is 0. The Kier molecular flexibility index (Phi) is 2.54. The van der Waals surface area contributed by atoms with Crippen LogP contribution in [0.15, 0.2) is 11.3 Å². The highest BCUT2D eigenvalue weighted by Gasteiger charge is 2.04. The van der Waals surface area contributed by atoms with Gasteiger partial charge in [0.05, 0.1) is 0 Å². The van der Waals surface area contributed by atoms with Gasteiger partial charge in [-0.2, -0.15) is 10.1 Å². The Balaban J connectivity index is 1.96. The zero-order chi connectivity index (χ0) is 8.93. The smallest absolute Gasteiger partial charge is 0.223 e. The largest absolute Gasteiger partial charge is 0.313 e. The lowest BCUT2D eigenvalue weighted by atomic mass is 10.2. The maximum Gasteiger partial charge on any atom is 0.223 e. The Bertz CT molecular complexity index is 277. The first-order chi connectivity index (χ1) is 6.45. The molecule has 0 atom stereocenters. The van der Waals surface area contributed by atoms with Crippen LogP contribution < -0.4 is 5.32 Å². The van der Waals surface area contributed by atoms with E-state index in [9.17, 15) is 0 Å². The van der Waals surface area contributed by atoms with Gasteiger partial charge in [-0.25, -0.2) is 5.10 Å². The van der Waals surface area contributed by atoms with E-state index >= 15 is 0 Å². The van der Waals surface area contributed by atoms with E-state index in [4.69, 9.17) is 0 Å². The highest BCUT2D eigenvalue weighted by molar-refractivity contribution is 5.93. The van der Waals surface area contributed by atoms with E-state index in [-0.39, 0.29) is 0 Å². The molecular formula is C8H13N5. The van der Waals surface area contributed by atoms with Crippen molar-refractivity contribution in [1.29, 1.82) is 0 Å². The molecule has 1 aliphatic rings. The first kappa shape index (κ1) is 8.22. The van der Waals surface area contributed by atoms with Gasteiger partial charge in [0.2, 0.25) is 5.95 Å². The molecule has 0 spiro atoms. The molecule has 13 heavy (non-hydrogen) atoms. The minimum atomic E-state index is 0.681. The molecule has 1 aromatic heterocycles. The predicted octanol–water partition coefficient (Wildman–Crippen LogP) is 1.19. The summed E-state index contributed by atoms with van der Waals surface area (Å²) >= 11 is 0. The minimum absolute atomic E-state index is 0.681. The first-order valence-corrected chi connectivity index (χ1v) is 4.61. The molecule has 0 radical (unpaired) electrons. The third-order valence-corrected chi connectivity index (χ3v) is 2.05. The van der Waals surface area contributed by atoms with Crippen molar-refractivity contribution >= 4 is 11.8 Å². The van der Waals surface area contributed by atoms with Crippen LogP contribution in [0.5, 0.6) is 0 Å². The lowest BCUT2D eigenvalue weighted by Gasteiger charge is -2.03. The van der Waals surface area contributed by atoms with Gasteiger partial charge in [-0.05, 0) is 12.8 Å². The molecule has 0 aromatic carbocycles. The van der Waals surface area contributed by atoms with E-state index in [1.807, 2.05) is 0 Å². The lowest BCUT2D eigenvalue weighted by Crippen LogP contribution is -2.12. The second-order valence-electron chi connectivity index (χ2n) is 3.10. The molecule has 0 unspecified atom stereocenters. The highest BCUT2D eigenvalue weighted by Crippen LogP contribution is 2.08. The van der Waals surface area contributed by atoms with Crippen LogP contribution in [0.1, 0.15) is 25.7 Å². The van der Waals surface area contributed by atoms with Crippen molar-refractivity contribution in [2.45, 2.75) is 25.7 Å². The maximum absolute atomic E-state index is 4.42. The average Bonchev–Trinajstić information content (AvgIpc) is 2.49. The molecule has 1 aromatic rings. The van der Waals surface area contributed by atoms with E-state index in [0.29, 0.717) is 5.95 Å². The van der Waals surface area contributed by atoms with E-state index in [1.165, 1.54) is 25.6 Å². The van der Waals surface area contributed by atoms with Gasteiger partial charge >= 0.3 is 0 Å². The number of aromatic amines is 1. The molecule has 0 amide bonds. The second kappa shape index (κ2) is 4.02. The third-order valence-electron chi connectivity index (χ3n) is 2.05. The van der Waals surface area contributed by atoms with E-state index < -0.39 is 0 Å². The molecule has 2 heterocycles. The van der Waals surface area contributed by atoms with Crippen LogP contribution >= 0.6 is 0 Å². The number of H-pyrrole nitrogens is 1. The van der Waals surface area contributed by atoms with Gasteiger partial charge in [0.25, 0.3) is 0 Å². The fourth-order valence-corrected chi connectivity index (χ4v) is 1.38. The van der Waals surface area contributed by atoms with Gasteiger partial charge in [0, 0.05) is 13.0 Å². The lowest BCUT2D eigenvalue weighted by molar-refractivity contribution is 0.731. The third kappa shape index (κ3) is 2.27. The van der Waals surface area contributed by atoms with E-state index in [0.717, 1.165) is 18.8 Å². The van der Waals surface area contributed by atoms with Crippen LogP contribution in [0.4, 0.5) is 5.95 Å². The average molecular weight is 179 g/mol. The topological polar surface area (TPSA) is 66.0 Å². The monoisotopic (exact) mass is 179 g/mol. The number of aromatic nitrogens is 3. The van der Waals surface area contributed by atoms with Gasteiger partial charge < -0.3 is 5.32 Å². The zero-order valence-corrected chi connectivity index (χ0v) is 7.45. The van der Waals surface area contributed by atoms with Crippen molar-refractivity contribution < 1.29 is 0 Å². The number of aliphatic imine (C=N–C) groups is 1. The van der Waals surface area contributed by atoms with Crippen molar-refractivity contribution in [3.8, 4) is 0 Å². The molecular weight excluding hydrogens is 166 g/mol. The molecule has 0 saturated carbocycles. The maximum atomic E-state index is 4.42. The van der Waals surface area contributed by atoms with Crippen LogP contribution in [0.2, 0.25) is 0 Å². The van der Waals surface area contributed by atoms with Crippen LogP contribution in [-0.2, 0) is 0 Å². The van der Waals surface area contributed by atoms with Gasteiger partial charge in [-0.15, -0.1) is 0 Å². The van der Waals surface area contributed by atoms with Crippen molar-refractivity contribution in [2.24, 2.45) is 4.99 Å². The van der Waals surface area contributed by atoms with Gasteiger partial charge in [0.1, 0.15) is 12.2 Å². The Morgan fingerprint density at radius 1 is 1.31 bits per heavy atom.